The molecule has 148 valence electrons. The maximum absolute atomic E-state index is 11.9. The van der Waals surface area contributed by atoms with Crippen molar-refractivity contribution in [1.29, 1.82) is 0 Å². The summed E-state index contributed by atoms with van der Waals surface area (Å²) in [5.74, 6) is -0.0144. The van der Waals surface area contributed by atoms with Gasteiger partial charge in [-0.25, -0.2) is 0 Å². The Hall–Kier alpha value is -2.54. The minimum absolute atomic E-state index is 0.157. The number of ether oxygens (including phenoxy) is 1. The van der Waals surface area contributed by atoms with E-state index in [1.54, 1.807) is 18.2 Å². The van der Waals surface area contributed by atoms with E-state index >= 15 is 0 Å². The number of hydrogen-bond donors (Lipinski definition) is 3. The average Bonchev–Trinajstić information content (AvgIpc) is 3.08. The smallest absolute Gasteiger partial charge is 0.312 e. The van der Waals surface area contributed by atoms with Crippen molar-refractivity contribution in [2.45, 2.75) is 45.4 Å². The van der Waals surface area contributed by atoms with E-state index in [1.807, 2.05) is 19.9 Å². The van der Waals surface area contributed by atoms with E-state index in [1.165, 1.54) is 0 Å². The largest absolute Gasteiger partial charge is 0.508 e. The van der Waals surface area contributed by atoms with Gasteiger partial charge in [-0.15, -0.1) is 0 Å². The molecule has 0 heterocycles. The first-order valence-corrected chi connectivity index (χ1v) is 9.92. The van der Waals surface area contributed by atoms with Crippen molar-refractivity contribution >= 4 is 33.5 Å². The first kappa shape index (κ1) is 20.2. The number of carbonyl (C=O) groups excluding carboxylic acids is 1. The Kier molecular flexibility index (Phi) is 5.93. The number of carboxylic acids is 1. The summed E-state index contributed by atoms with van der Waals surface area (Å²) in [7, 11) is 0. The lowest BCUT2D eigenvalue weighted by molar-refractivity contribution is -0.139. The molecule has 0 aromatic heterocycles. The lowest BCUT2D eigenvalue weighted by Gasteiger charge is -2.18. The number of hydrogen-bond acceptors (Lipinski definition) is 4. The molecule has 0 atom stereocenters. The summed E-state index contributed by atoms with van der Waals surface area (Å²) in [5, 5.41) is 21.5. The van der Waals surface area contributed by atoms with Crippen molar-refractivity contribution in [3.8, 4) is 17.2 Å². The fourth-order valence-corrected chi connectivity index (χ4v) is 3.99. The van der Waals surface area contributed by atoms with Crippen LogP contribution in [0, 0.1) is 0 Å². The summed E-state index contributed by atoms with van der Waals surface area (Å²) in [4.78, 5) is 22.6. The number of nitrogens with one attached hydrogen (secondary N) is 1. The normalized spacial score (nSPS) is 12.7. The number of carboxylic acid groups (broad SMARTS) is 1. The molecule has 0 fully saturated rings. The van der Waals surface area contributed by atoms with Crippen molar-refractivity contribution in [3.63, 3.8) is 0 Å². The second-order valence-electron chi connectivity index (χ2n) is 7.14. The van der Waals surface area contributed by atoms with Crippen molar-refractivity contribution < 1.29 is 24.5 Å². The van der Waals surface area contributed by atoms with Crippen LogP contribution < -0.4 is 10.1 Å². The van der Waals surface area contributed by atoms with Gasteiger partial charge in [-0.05, 0) is 70.9 Å². The summed E-state index contributed by atoms with van der Waals surface area (Å²) in [5.41, 5.74) is 3.40. The predicted molar refractivity (Wildman–Crippen MR) is 109 cm³/mol. The first-order chi connectivity index (χ1) is 13.3. The third-order valence-electron chi connectivity index (χ3n) is 4.73. The molecule has 1 aliphatic rings. The van der Waals surface area contributed by atoms with Crippen LogP contribution in [0.25, 0.3) is 0 Å². The Labute approximate surface area is 171 Å². The predicted octanol–water partition coefficient (Wildman–Crippen LogP) is 4.97. The summed E-state index contributed by atoms with van der Waals surface area (Å²) < 4.78 is 6.84. The molecular formula is C21H22BrNO5. The number of carbonyl (C=O) groups is 2. The molecule has 0 radical (unpaired) electrons. The van der Waals surface area contributed by atoms with Crippen LogP contribution >= 0.6 is 15.9 Å². The summed E-state index contributed by atoms with van der Waals surface area (Å²) >= 11 is 3.52. The van der Waals surface area contributed by atoms with Crippen LogP contribution in [0.3, 0.4) is 0 Å². The van der Waals surface area contributed by atoms with Crippen LogP contribution in [-0.4, -0.2) is 22.1 Å². The lowest BCUT2D eigenvalue weighted by Crippen LogP contribution is -2.17. The topological polar surface area (TPSA) is 95.9 Å². The van der Waals surface area contributed by atoms with Crippen molar-refractivity contribution in [2.24, 2.45) is 0 Å². The third-order valence-corrected chi connectivity index (χ3v) is 5.32. The quantitative estimate of drug-likeness (QED) is 0.543. The molecule has 7 heteroatoms. The number of rotatable bonds is 6. The molecule has 3 rings (SSSR count). The van der Waals surface area contributed by atoms with Gasteiger partial charge in [0, 0.05) is 16.8 Å². The van der Waals surface area contributed by atoms with Crippen LogP contribution in [0.5, 0.6) is 17.2 Å². The SMILES string of the molecule is CC(C)c1cc(Oc2c(Br)cc(NC(=O)CC(=O)O)c3c2CCC3)ccc1O. The molecule has 3 N–H and O–H groups in total. The van der Waals surface area contributed by atoms with Crippen LogP contribution in [0.1, 0.15) is 49.3 Å². The Bertz CT molecular complexity index is 939. The molecule has 1 aliphatic carbocycles. The fourth-order valence-electron chi connectivity index (χ4n) is 3.45. The van der Waals surface area contributed by atoms with E-state index < -0.39 is 18.3 Å². The molecule has 0 aliphatic heterocycles. The van der Waals surface area contributed by atoms with Gasteiger partial charge in [-0.1, -0.05) is 13.8 Å². The van der Waals surface area contributed by atoms with Gasteiger partial charge in [0.1, 0.15) is 23.7 Å². The van der Waals surface area contributed by atoms with Crippen molar-refractivity contribution in [1.82, 2.24) is 0 Å². The number of phenols is 1. The second-order valence-corrected chi connectivity index (χ2v) is 8.00. The molecule has 2 aromatic carbocycles. The summed E-state index contributed by atoms with van der Waals surface area (Å²) in [6.07, 6.45) is 1.95. The zero-order valence-corrected chi connectivity index (χ0v) is 17.3. The number of aromatic hydroxyl groups is 1. The third kappa shape index (κ3) is 4.30. The van der Waals surface area contributed by atoms with E-state index in [4.69, 9.17) is 9.84 Å². The molecule has 0 saturated heterocycles. The number of amides is 1. The van der Waals surface area contributed by atoms with Gasteiger partial charge in [0.25, 0.3) is 0 Å². The van der Waals surface area contributed by atoms with Crippen molar-refractivity contribution in [3.05, 3.63) is 45.4 Å². The minimum atomic E-state index is -1.17. The van der Waals surface area contributed by atoms with Gasteiger partial charge in [-0.3, -0.25) is 9.59 Å². The highest BCUT2D eigenvalue weighted by Gasteiger charge is 2.24. The van der Waals surface area contributed by atoms with Crippen LogP contribution in [0.2, 0.25) is 0 Å². The monoisotopic (exact) mass is 447 g/mol. The van der Waals surface area contributed by atoms with Gasteiger partial charge in [-0.2, -0.15) is 0 Å². The minimum Gasteiger partial charge on any atom is -0.508 e. The van der Waals surface area contributed by atoms with E-state index in [2.05, 4.69) is 21.2 Å². The number of phenolic OH excluding ortho intramolecular Hbond substituents is 1. The van der Waals surface area contributed by atoms with Crippen LogP contribution in [-0.2, 0) is 22.4 Å². The first-order valence-electron chi connectivity index (χ1n) is 9.13. The molecule has 0 saturated carbocycles. The number of anilines is 1. The van der Waals surface area contributed by atoms with E-state index in [-0.39, 0.29) is 11.7 Å². The highest BCUT2D eigenvalue weighted by molar-refractivity contribution is 9.10. The van der Waals surface area contributed by atoms with E-state index in [0.29, 0.717) is 21.7 Å². The number of aliphatic carboxylic acids is 1. The summed E-state index contributed by atoms with van der Waals surface area (Å²) in [6, 6.07) is 6.93. The lowest BCUT2D eigenvalue weighted by atomic mass is 10.0. The maximum Gasteiger partial charge on any atom is 0.312 e. The molecule has 0 spiro atoms. The summed E-state index contributed by atoms with van der Waals surface area (Å²) in [6.45, 7) is 4.00. The zero-order chi connectivity index (χ0) is 20.4. The Morgan fingerprint density at radius 1 is 1.21 bits per heavy atom. The van der Waals surface area contributed by atoms with Gasteiger partial charge < -0.3 is 20.3 Å². The molecular weight excluding hydrogens is 426 g/mol. The molecule has 28 heavy (non-hydrogen) atoms. The van der Waals surface area contributed by atoms with Gasteiger partial charge >= 0.3 is 5.97 Å². The Balaban J connectivity index is 1.93. The Morgan fingerprint density at radius 2 is 1.93 bits per heavy atom. The van der Waals surface area contributed by atoms with Crippen LogP contribution in [0.15, 0.2) is 28.7 Å². The van der Waals surface area contributed by atoms with E-state index in [0.717, 1.165) is 36.0 Å². The Morgan fingerprint density at radius 3 is 2.61 bits per heavy atom. The number of halogens is 1. The molecule has 1 amide bonds. The van der Waals surface area contributed by atoms with Gasteiger partial charge in [0.15, 0.2) is 0 Å². The van der Waals surface area contributed by atoms with Crippen LogP contribution in [0.4, 0.5) is 5.69 Å². The number of fused-ring (bicyclic) bond motifs is 1. The standard InChI is InChI=1S/C21H22BrNO5/c1-11(2)15-8-12(6-7-18(15)24)28-21-14-5-3-4-13(14)17(9-16(21)22)23-19(25)10-20(26)27/h6-9,11,24H,3-5,10H2,1-2H3,(H,23,25)(H,26,27). The highest BCUT2D eigenvalue weighted by atomic mass is 79.9. The maximum atomic E-state index is 11.9. The molecule has 6 nitrogen and oxygen atoms in total. The van der Waals surface area contributed by atoms with E-state index in [9.17, 15) is 14.7 Å². The van der Waals surface area contributed by atoms with Crippen molar-refractivity contribution in [2.75, 3.05) is 5.32 Å². The molecule has 0 unspecified atom stereocenters. The average molecular weight is 448 g/mol. The number of benzene rings is 2. The highest BCUT2D eigenvalue weighted by Crippen LogP contribution is 2.44. The fraction of sp³-hybridized carbons (Fsp3) is 0.333. The molecule has 2 aromatic rings. The second kappa shape index (κ2) is 8.22. The van der Waals surface area contributed by atoms with Gasteiger partial charge in [0.2, 0.25) is 5.91 Å². The van der Waals surface area contributed by atoms with Gasteiger partial charge in [0.05, 0.1) is 4.47 Å². The zero-order valence-electron chi connectivity index (χ0n) is 15.7. The molecule has 0 bridgehead atoms.